The van der Waals surface area contributed by atoms with Gasteiger partial charge in [-0.3, -0.25) is 4.90 Å². The maximum absolute atomic E-state index is 11.5. The molecular formula is C34H37NO2. The maximum atomic E-state index is 11.5. The molecular weight excluding hydrogens is 454 g/mol. The fraction of sp³-hybridized carbons (Fsp3) is 0.294. The van der Waals surface area contributed by atoms with Gasteiger partial charge in [0.05, 0.1) is 5.60 Å². The summed E-state index contributed by atoms with van der Waals surface area (Å²) < 4.78 is 5.94. The van der Waals surface area contributed by atoms with Crippen LogP contribution >= 0.6 is 0 Å². The maximum Gasteiger partial charge on any atom is 0.119 e. The Labute approximate surface area is 221 Å². The van der Waals surface area contributed by atoms with Crippen LogP contribution in [0.3, 0.4) is 0 Å². The van der Waals surface area contributed by atoms with Crippen LogP contribution in [-0.2, 0) is 25.3 Å². The monoisotopic (exact) mass is 491 g/mol. The lowest BCUT2D eigenvalue weighted by Gasteiger charge is -2.38. The van der Waals surface area contributed by atoms with E-state index in [9.17, 15) is 5.11 Å². The second-order valence-corrected chi connectivity index (χ2v) is 10.4. The summed E-state index contributed by atoms with van der Waals surface area (Å²) in [6, 6.07) is 39.7. The smallest absolute Gasteiger partial charge is 0.119 e. The Morgan fingerprint density at radius 3 is 1.65 bits per heavy atom. The predicted octanol–water partition coefficient (Wildman–Crippen LogP) is 7.35. The van der Waals surface area contributed by atoms with Crippen molar-refractivity contribution in [2.24, 2.45) is 5.92 Å². The number of hydrogen-bond acceptors (Lipinski definition) is 3. The Bertz CT molecular complexity index is 1160. The van der Waals surface area contributed by atoms with E-state index >= 15 is 0 Å². The minimum atomic E-state index is -0.752. The number of hydrogen-bond donors (Lipinski definition) is 1. The molecule has 1 fully saturated rings. The molecule has 0 saturated heterocycles. The molecule has 190 valence electrons. The fourth-order valence-corrected chi connectivity index (χ4v) is 5.46. The Hall–Kier alpha value is -3.40. The Morgan fingerprint density at radius 2 is 1.14 bits per heavy atom. The highest BCUT2D eigenvalue weighted by molar-refractivity contribution is 5.31. The normalized spacial score (nSPS) is 19.6. The molecule has 0 atom stereocenters. The number of aliphatic hydroxyl groups is 1. The van der Waals surface area contributed by atoms with Gasteiger partial charge in [0.2, 0.25) is 0 Å². The quantitative estimate of drug-likeness (QED) is 0.252. The van der Waals surface area contributed by atoms with Gasteiger partial charge >= 0.3 is 0 Å². The molecule has 3 nitrogen and oxygen atoms in total. The summed E-state index contributed by atoms with van der Waals surface area (Å²) in [5, 5.41) is 11.5. The summed E-state index contributed by atoms with van der Waals surface area (Å²) in [5.74, 6) is 1.42. The molecule has 0 heterocycles. The van der Waals surface area contributed by atoms with Crippen LogP contribution in [0.2, 0.25) is 0 Å². The molecule has 1 aliphatic rings. The third-order valence-corrected chi connectivity index (χ3v) is 7.59. The predicted molar refractivity (Wildman–Crippen MR) is 150 cm³/mol. The second kappa shape index (κ2) is 12.2. The van der Waals surface area contributed by atoms with E-state index in [4.69, 9.17) is 4.74 Å². The lowest BCUT2D eigenvalue weighted by molar-refractivity contribution is -0.0192. The van der Waals surface area contributed by atoms with Crippen LogP contribution in [0.25, 0.3) is 0 Å². The van der Waals surface area contributed by atoms with E-state index in [0.29, 0.717) is 12.5 Å². The molecule has 0 unspecified atom stereocenters. The van der Waals surface area contributed by atoms with Gasteiger partial charge < -0.3 is 9.84 Å². The average molecular weight is 492 g/mol. The van der Waals surface area contributed by atoms with E-state index in [1.165, 1.54) is 11.1 Å². The number of nitrogens with zero attached hydrogens (tertiary/aromatic N) is 1. The lowest BCUT2D eigenvalue weighted by Crippen LogP contribution is -2.36. The molecule has 1 aliphatic carbocycles. The van der Waals surface area contributed by atoms with Gasteiger partial charge in [0.15, 0.2) is 0 Å². The van der Waals surface area contributed by atoms with Crippen molar-refractivity contribution >= 4 is 0 Å². The zero-order valence-corrected chi connectivity index (χ0v) is 21.5. The standard InChI is InChI=1S/C34H37NO2/c36-34(32-16-18-33(19-17-32)37-27-31-14-8-3-9-15-31)22-20-30(21-23-34)26-35(24-28-10-4-1-5-11-28)25-29-12-6-2-7-13-29/h1-19,30,36H,20-27H2. The first kappa shape index (κ1) is 25.3. The highest BCUT2D eigenvalue weighted by atomic mass is 16.5. The molecule has 3 heteroatoms. The second-order valence-electron chi connectivity index (χ2n) is 10.4. The molecule has 0 bridgehead atoms. The van der Waals surface area contributed by atoms with Crippen molar-refractivity contribution in [1.82, 2.24) is 4.90 Å². The Morgan fingerprint density at radius 1 is 0.649 bits per heavy atom. The van der Waals surface area contributed by atoms with Crippen LogP contribution in [0.15, 0.2) is 115 Å². The zero-order chi connectivity index (χ0) is 25.3. The van der Waals surface area contributed by atoms with Crippen molar-refractivity contribution in [1.29, 1.82) is 0 Å². The molecule has 37 heavy (non-hydrogen) atoms. The van der Waals surface area contributed by atoms with E-state index in [1.54, 1.807) is 0 Å². The van der Waals surface area contributed by atoms with Crippen LogP contribution in [0, 0.1) is 5.92 Å². The minimum absolute atomic E-state index is 0.550. The number of rotatable bonds is 10. The lowest BCUT2D eigenvalue weighted by atomic mass is 9.75. The molecule has 0 amide bonds. The van der Waals surface area contributed by atoms with E-state index in [-0.39, 0.29) is 0 Å². The van der Waals surface area contributed by atoms with Gasteiger partial charge in [-0.1, -0.05) is 103 Å². The molecule has 0 radical (unpaired) electrons. The third-order valence-electron chi connectivity index (χ3n) is 7.59. The van der Waals surface area contributed by atoms with Gasteiger partial charge in [-0.2, -0.15) is 0 Å². The van der Waals surface area contributed by atoms with Crippen molar-refractivity contribution in [3.8, 4) is 5.75 Å². The molecule has 1 N–H and O–H groups in total. The summed E-state index contributed by atoms with van der Waals surface area (Å²) in [7, 11) is 0. The van der Waals surface area contributed by atoms with Crippen molar-refractivity contribution < 1.29 is 9.84 Å². The zero-order valence-electron chi connectivity index (χ0n) is 21.5. The van der Waals surface area contributed by atoms with E-state index in [2.05, 4.69) is 77.7 Å². The van der Waals surface area contributed by atoms with Crippen molar-refractivity contribution in [2.75, 3.05) is 6.54 Å². The average Bonchev–Trinajstić information content (AvgIpc) is 2.95. The van der Waals surface area contributed by atoms with Gasteiger partial charge in [-0.25, -0.2) is 0 Å². The molecule has 0 aliphatic heterocycles. The van der Waals surface area contributed by atoms with Crippen LogP contribution < -0.4 is 4.74 Å². The summed E-state index contributed by atoms with van der Waals surface area (Å²) in [6.07, 6.45) is 3.66. The Kier molecular flexibility index (Phi) is 8.35. The van der Waals surface area contributed by atoms with Gasteiger partial charge in [0, 0.05) is 19.6 Å². The van der Waals surface area contributed by atoms with Gasteiger partial charge in [-0.15, -0.1) is 0 Å². The largest absolute Gasteiger partial charge is 0.489 e. The van der Waals surface area contributed by atoms with Crippen molar-refractivity contribution in [2.45, 2.75) is 51.0 Å². The Balaban J connectivity index is 1.17. The number of ether oxygens (including phenoxy) is 1. The SMILES string of the molecule is OC1(c2ccc(OCc3ccccc3)cc2)CCC(CN(Cc2ccccc2)Cc2ccccc2)CC1. The molecule has 4 aromatic rings. The molecule has 1 saturated carbocycles. The molecule has 0 aromatic heterocycles. The van der Waals surface area contributed by atoms with E-state index in [0.717, 1.165) is 62.2 Å². The van der Waals surface area contributed by atoms with Crippen LogP contribution in [0.1, 0.15) is 47.9 Å². The first-order valence-electron chi connectivity index (χ1n) is 13.5. The topological polar surface area (TPSA) is 32.7 Å². The molecule has 4 aromatic carbocycles. The molecule has 0 spiro atoms. The summed E-state index contributed by atoms with van der Waals surface area (Å²) in [4.78, 5) is 2.57. The van der Waals surface area contributed by atoms with Gasteiger partial charge in [0.1, 0.15) is 12.4 Å². The first-order chi connectivity index (χ1) is 18.2. The van der Waals surface area contributed by atoms with Crippen LogP contribution in [0.4, 0.5) is 0 Å². The van der Waals surface area contributed by atoms with Crippen LogP contribution in [-0.4, -0.2) is 16.6 Å². The van der Waals surface area contributed by atoms with Gasteiger partial charge in [-0.05, 0) is 66.0 Å². The number of benzene rings is 4. The van der Waals surface area contributed by atoms with Gasteiger partial charge in [0.25, 0.3) is 0 Å². The minimum Gasteiger partial charge on any atom is -0.489 e. The summed E-state index contributed by atoms with van der Waals surface area (Å²) >= 11 is 0. The molecule has 5 rings (SSSR count). The van der Waals surface area contributed by atoms with Crippen molar-refractivity contribution in [3.63, 3.8) is 0 Å². The van der Waals surface area contributed by atoms with Crippen molar-refractivity contribution in [3.05, 3.63) is 138 Å². The fourth-order valence-electron chi connectivity index (χ4n) is 5.46. The van der Waals surface area contributed by atoms with Crippen LogP contribution in [0.5, 0.6) is 5.75 Å². The summed E-state index contributed by atoms with van der Waals surface area (Å²) in [5.41, 5.74) is 4.10. The summed E-state index contributed by atoms with van der Waals surface area (Å²) in [6.45, 7) is 3.49. The van der Waals surface area contributed by atoms with E-state index in [1.807, 2.05) is 42.5 Å². The van der Waals surface area contributed by atoms with E-state index < -0.39 is 5.60 Å². The third kappa shape index (κ3) is 7.09. The highest BCUT2D eigenvalue weighted by Gasteiger charge is 2.35. The first-order valence-corrected chi connectivity index (χ1v) is 13.5. The highest BCUT2D eigenvalue weighted by Crippen LogP contribution is 2.40.